The zero-order valence-electron chi connectivity index (χ0n) is 15.1. The summed E-state index contributed by atoms with van der Waals surface area (Å²) in [6, 6.07) is 21.5. The highest BCUT2D eigenvalue weighted by atomic mass is 35.5. The van der Waals surface area contributed by atoms with Crippen molar-refractivity contribution >= 4 is 22.5 Å². The fourth-order valence-corrected chi connectivity index (χ4v) is 3.95. The van der Waals surface area contributed by atoms with Crippen LogP contribution in [0.4, 0.5) is 0 Å². The van der Waals surface area contributed by atoms with Gasteiger partial charge in [0.05, 0.1) is 22.7 Å². The molecule has 0 fully saturated rings. The number of nitriles is 1. The number of hydrogen-bond donors (Lipinski definition) is 2. The molecule has 3 N–H and O–H groups in total. The van der Waals surface area contributed by atoms with Crippen LogP contribution < -0.4 is 10.5 Å². The molecule has 4 aromatic rings. The maximum atomic E-state index is 9.86. The van der Waals surface area contributed by atoms with E-state index in [-0.39, 0.29) is 11.5 Å². The van der Waals surface area contributed by atoms with E-state index in [1.807, 2.05) is 60.7 Å². The van der Waals surface area contributed by atoms with Gasteiger partial charge in [0.1, 0.15) is 16.8 Å². The van der Waals surface area contributed by atoms with Crippen molar-refractivity contribution in [2.75, 3.05) is 0 Å². The van der Waals surface area contributed by atoms with Gasteiger partial charge in [0.15, 0.2) is 0 Å². The summed E-state index contributed by atoms with van der Waals surface area (Å²) >= 11 is 6.58. The minimum Gasteiger partial charge on any atom is -0.420 e. The van der Waals surface area contributed by atoms with Crippen molar-refractivity contribution in [3.63, 3.8) is 0 Å². The molecule has 5 rings (SSSR count). The van der Waals surface area contributed by atoms with Crippen LogP contribution in [0.25, 0.3) is 22.2 Å². The number of aromatic amines is 1. The number of ether oxygens (including phenoxy) is 1. The lowest BCUT2D eigenvalue weighted by atomic mass is 9.83. The number of nitrogens with zero attached hydrogens (tertiary/aromatic N) is 3. The van der Waals surface area contributed by atoms with E-state index in [0.717, 1.165) is 22.2 Å². The van der Waals surface area contributed by atoms with E-state index < -0.39 is 5.92 Å². The van der Waals surface area contributed by atoms with Crippen LogP contribution >= 0.6 is 11.6 Å². The Kier molecular flexibility index (Phi) is 3.97. The minimum absolute atomic E-state index is 0.0142. The fraction of sp³-hybridized carbons (Fsp3) is 0.0455. The third-order valence-electron chi connectivity index (χ3n) is 5.02. The van der Waals surface area contributed by atoms with Gasteiger partial charge in [-0.25, -0.2) is 4.98 Å². The second kappa shape index (κ2) is 6.66. The van der Waals surface area contributed by atoms with Gasteiger partial charge < -0.3 is 10.5 Å². The number of allylic oxidation sites excluding steroid dienone is 1. The van der Waals surface area contributed by atoms with Gasteiger partial charge >= 0.3 is 0 Å². The van der Waals surface area contributed by atoms with Crippen LogP contribution in [0.15, 0.2) is 72.1 Å². The molecular formula is C22H14ClN5O. The van der Waals surface area contributed by atoms with Crippen molar-refractivity contribution in [3.05, 3.63) is 88.4 Å². The molecule has 0 aliphatic carbocycles. The number of para-hydroxylation sites is 1. The molecule has 2 aromatic heterocycles. The summed E-state index contributed by atoms with van der Waals surface area (Å²) in [6.45, 7) is 0. The molecule has 7 heteroatoms. The number of rotatable bonds is 2. The van der Waals surface area contributed by atoms with Crippen LogP contribution in [0.2, 0.25) is 5.15 Å². The number of nitrogens with one attached hydrogen (secondary N) is 1. The lowest BCUT2D eigenvalue weighted by Crippen LogP contribution is -2.21. The second-order valence-electron chi connectivity index (χ2n) is 6.67. The standard InChI is InChI=1S/C22H14ClN5O/c23-20-14(10-13-8-4-5-9-16(13)26-20)17-15(11-24)21(25)29-22-18(17)19(27-28-22)12-6-2-1-3-7-12/h1-10,17H,25H2,(H,27,28)/t17-/m1/s1. The number of H-pyrrole nitrogens is 1. The van der Waals surface area contributed by atoms with Crippen LogP contribution in [-0.2, 0) is 0 Å². The molecular weight excluding hydrogens is 386 g/mol. The highest BCUT2D eigenvalue weighted by molar-refractivity contribution is 6.30. The molecule has 0 spiro atoms. The van der Waals surface area contributed by atoms with Gasteiger partial charge in [-0.2, -0.15) is 5.26 Å². The summed E-state index contributed by atoms with van der Waals surface area (Å²) in [5.74, 6) is -0.211. The van der Waals surface area contributed by atoms with Crippen molar-refractivity contribution in [2.45, 2.75) is 5.92 Å². The zero-order chi connectivity index (χ0) is 20.0. The number of nitrogens with two attached hydrogens (primary N) is 1. The van der Waals surface area contributed by atoms with Crippen molar-refractivity contribution in [3.8, 4) is 23.2 Å². The van der Waals surface area contributed by atoms with E-state index in [1.54, 1.807) is 0 Å². The molecule has 0 saturated carbocycles. The number of fused-ring (bicyclic) bond motifs is 2. The molecule has 140 valence electrons. The number of benzene rings is 2. The number of halogens is 1. The predicted molar refractivity (Wildman–Crippen MR) is 110 cm³/mol. The Morgan fingerprint density at radius 1 is 1.10 bits per heavy atom. The average Bonchev–Trinajstić information content (AvgIpc) is 3.16. The molecule has 0 amide bonds. The summed E-state index contributed by atoms with van der Waals surface area (Å²) in [4.78, 5) is 4.53. The summed E-state index contributed by atoms with van der Waals surface area (Å²) in [5, 5.41) is 18.4. The molecule has 0 saturated heterocycles. The van der Waals surface area contributed by atoms with E-state index >= 15 is 0 Å². The Labute approximate surface area is 171 Å². The third kappa shape index (κ3) is 2.72. The molecule has 0 bridgehead atoms. The number of pyridine rings is 1. The van der Waals surface area contributed by atoms with Crippen LogP contribution in [-0.4, -0.2) is 15.2 Å². The Morgan fingerprint density at radius 2 is 1.86 bits per heavy atom. The van der Waals surface area contributed by atoms with Gasteiger partial charge in [-0.15, -0.1) is 5.10 Å². The summed E-state index contributed by atoms with van der Waals surface area (Å²) in [6.07, 6.45) is 0. The molecule has 1 aliphatic rings. The highest BCUT2D eigenvalue weighted by Gasteiger charge is 2.37. The van der Waals surface area contributed by atoms with Crippen LogP contribution in [0.5, 0.6) is 5.88 Å². The van der Waals surface area contributed by atoms with Gasteiger partial charge in [0.25, 0.3) is 0 Å². The lowest BCUT2D eigenvalue weighted by Gasteiger charge is -2.24. The van der Waals surface area contributed by atoms with Gasteiger partial charge in [-0.1, -0.05) is 60.1 Å². The molecule has 0 radical (unpaired) electrons. The van der Waals surface area contributed by atoms with Crippen molar-refractivity contribution < 1.29 is 4.74 Å². The third-order valence-corrected chi connectivity index (χ3v) is 5.32. The van der Waals surface area contributed by atoms with Crippen LogP contribution in [0.3, 0.4) is 0 Å². The SMILES string of the molecule is N#CC1=C(N)Oc2n[nH]c(-c3ccccc3)c2[C@@H]1c1cc2ccccc2nc1Cl. The first-order valence-corrected chi connectivity index (χ1v) is 9.31. The van der Waals surface area contributed by atoms with Crippen LogP contribution in [0.1, 0.15) is 17.0 Å². The highest BCUT2D eigenvalue weighted by Crippen LogP contribution is 2.47. The maximum absolute atomic E-state index is 9.86. The molecule has 6 nitrogen and oxygen atoms in total. The first kappa shape index (κ1) is 17.3. The van der Waals surface area contributed by atoms with E-state index in [2.05, 4.69) is 21.3 Å². The number of aromatic nitrogens is 3. The van der Waals surface area contributed by atoms with E-state index in [0.29, 0.717) is 22.2 Å². The van der Waals surface area contributed by atoms with Gasteiger partial charge in [0, 0.05) is 10.9 Å². The van der Waals surface area contributed by atoms with Gasteiger partial charge in [-0.05, 0) is 17.7 Å². The smallest absolute Gasteiger partial charge is 0.244 e. The largest absolute Gasteiger partial charge is 0.420 e. The summed E-state index contributed by atoms with van der Waals surface area (Å²) in [5.41, 5.74) is 10.2. The molecule has 2 aromatic carbocycles. The topological polar surface area (TPSA) is 101 Å². The van der Waals surface area contributed by atoms with Crippen molar-refractivity contribution in [1.82, 2.24) is 15.2 Å². The maximum Gasteiger partial charge on any atom is 0.244 e. The molecule has 29 heavy (non-hydrogen) atoms. The first-order chi connectivity index (χ1) is 14.2. The Morgan fingerprint density at radius 3 is 2.66 bits per heavy atom. The predicted octanol–water partition coefficient (Wildman–Crippen LogP) is 4.50. The Hall–Kier alpha value is -3.82. The monoisotopic (exact) mass is 399 g/mol. The quantitative estimate of drug-likeness (QED) is 0.483. The fourth-order valence-electron chi connectivity index (χ4n) is 3.69. The van der Waals surface area contributed by atoms with Crippen molar-refractivity contribution in [2.24, 2.45) is 5.73 Å². The first-order valence-electron chi connectivity index (χ1n) is 8.94. The van der Waals surface area contributed by atoms with E-state index in [1.165, 1.54) is 0 Å². The molecule has 3 heterocycles. The minimum atomic E-state index is -0.553. The molecule has 0 unspecified atom stereocenters. The van der Waals surface area contributed by atoms with E-state index in [4.69, 9.17) is 22.1 Å². The van der Waals surface area contributed by atoms with Gasteiger partial charge in [-0.3, -0.25) is 5.10 Å². The van der Waals surface area contributed by atoms with Crippen molar-refractivity contribution in [1.29, 1.82) is 5.26 Å². The molecule has 1 aliphatic heterocycles. The summed E-state index contributed by atoms with van der Waals surface area (Å²) < 4.78 is 5.65. The van der Waals surface area contributed by atoms with Crippen LogP contribution in [0, 0.1) is 11.3 Å². The Balaban J connectivity index is 1.80. The number of hydrogen-bond acceptors (Lipinski definition) is 5. The summed E-state index contributed by atoms with van der Waals surface area (Å²) in [7, 11) is 0. The zero-order valence-corrected chi connectivity index (χ0v) is 15.8. The normalized spacial score (nSPS) is 15.7. The Bertz CT molecular complexity index is 1320. The van der Waals surface area contributed by atoms with E-state index in [9.17, 15) is 5.26 Å². The lowest BCUT2D eigenvalue weighted by molar-refractivity contribution is 0.379. The molecule has 1 atom stereocenters. The van der Waals surface area contributed by atoms with Gasteiger partial charge in [0.2, 0.25) is 11.8 Å². The second-order valence-corrected chi connectivity index (χ2v) is 7.03. The average molecular weight is 400 g/mol.